The lowest BCUT2D eigenvalue weighted by molar-refractivity contribution is -0.144. The van der Waals surface area contributed by atoms with Gasteiger partial charge >= 0.3 is 0 Å². The number of rotatable bonds is 5. The Bertz CT molecular complexity index is 736. The van der Waals surface area contributed by atoms with Crippen molar-refractivity contribution >= 4 is 11.6 Å². The predicted molar refractivity (Wildman–Crippen MR) is 104 cm³/mol. The summed E-state index contributed by atoms with van der Waals surface area (Å²) in [6.07, 6.45) is 5.54. The molecule has 1 saturated heterocycles. The van der Waals surface area contributed by atoms with E-state index in [1.807, 2.05) is 18.2 Å². The molecule has 1 amide bonds. The molecule has 7 nitrogen and oxygen atoms in total. The van der Waals surface area contributed by atoms with Crippen molar-refractivity contribution in [3.63, 3.8) is 0 Å². The second kappa shape index (κ2) is 8.39. The second-order valence-electron chi connectivity index (χ2n) is 7.78. The number of oxime groups is 1. The van der Waals surface area contributed by atoms with E-state index in [2.05, 4.69) is 5.16 Å². The molecule has 2 heterocycles. The quantitative estimate of drug-likeness (QED) is 0.838. The number of hydrogen-bond donors (Lipinski definition) is 1. The number of carbonyl (C=O) groups excluding carboxylic acids is 1. The van der Waals surface area contributed by atoms with E-state index < -0.39 is 6.10 Å². The van der Waals surface area contributed by atoms with E-state index >= 15 is 0 Å². The molecule has 3 aliphatic rings. The van der Waals surface area contributed by atoms with Crippen molar-refractivity contribution < 1.29 is 24.2 Å². The van der Waals surface area contributed by atoms with Crippen LogP contribution in [-0.4, -0.2) is 60.1 Å². The van der Waals surface area contributed by atoms with Crippen LogP contribution in [0.3, 0.4) is 0 Å². The van der Waals surface area contributed by atoms with Gasteiger partial charge in [-0.1, -0.05) is 5.16 Å². The van der Waals surface area contributed by atoms with E-state index in [1.165, 1.54) is 12.8 Å². The summed E-state index contributed by atoms with van der Waals surface area (Å²) < 4.78 is 11.6. The van der Waals surface area contributed by atoms with E-state index in [0.29, 0.717) is 38.1 Å². The zero-order chi connectivity index (χ0) is 19.5. The predicted octanol–water partition coefficient (Wildman–Crippen LogP) is 2.49. The highest BCUT2D eigenvalue weighted by molar-refractivity contribution is 6.04. The Labute approximate surface area is 165 Å². The summed E-state index contributed by atoms with van der Waals surface area (Å²) in [5.74, 6) is 1.37. The first kappa shape index (κ1) is 19.1. The fourth-order valence-corrected chi connectivity index (χ4v) is 4.10. The molecule has 1 aliphatic carbocycles. The molecule has 2 aliphatic heterocycles. The second-order valence-corrected chi connectivity index (χ2v) is 7.78. The molecule has 1 N–H and O–H groups in total. The molecule has 28 heavy (non-hydrogen) atoms. The van der Waals surface area contributed by atoms with Crippen LogP contribution in [0.15, 0.2) is 23.4 Å². The van der Waals surface area contributed by atoms with Crippen molar-refractivity contribution in [2.45, 2.75) is 63.3 Å². The molecular formula is C21H28N2O5. The zero-order valence-corrected chi connectivity index (χ0v) is 16.3. The van der Waals surface area contributed by atoms with Gasteiger partial charge in [-0.05, 0) is 56.7 Å². The van der Waals surface area contributed by atoms with E-state index in [9.17, 15) is 9.90 Å². The molecule has 152 valence electrons. The monoisotopic (exact) mass is 388 g/mol. The fraction of sp³-hybridized carbons (Fsp3) is 0.619. The summed E-state index contributed by atoms with van der Waals surface area (Å²) in [5, 5.41) is 13.8. The zero-order valence-electron chi connectivity index (χ0n) is 16.3. The first-order chi connectivity index (χ1) is 13.6. The van der Waals surface area contributed by atoms with Crippen LogP contribution in [-0.2, 0) is 9.63 Å². The Morgan fingerprint density at radius 3 is 2.64 bits per heavy atom. The van der Waals surface area contributed by atoms with Gasteiger partial charge in [-0.25, -0.2) is 0 Å². The number of amides is 1. The molecule has 1 saturated carbocycles. The van der Waals surface area contributed by atoms with Crippen molar-refractivity contribution in [1.82, 2.24) is 4.90 Å². The van der Waals surface area contributed by atoms with Gasteiger partial charge in [0.15, 0.2) is 11.5 Å². The third-order valence-electron chi connectivity index (χ3n) is 5.81. The van der Waals surface area contributed by atoms with Crippen molar-refractivity contribution in [3.8, 4) is 11.5 Å². The number of aliphatic hydroxyl groups is 1. The topological polar surface area (TPSA) is 80.6 Å². The number of aliphatic hydroxyl groups excluding tert-OH is 1. The van der Waals surface area contributed by atoms with Gasteiger partial charge in [0.1, 0.15) is 0 Å². The van der Waals surface area contributed by atoms with Crippen LogP contribution in [0.25, 0.3) is 0 Å². The summed E-state index contributed by atoms with van der Waals surface area (Å²) in [4.78, 5) is 19.9. The van der Waals surface area contributed by atoms with Gasteiger partial charge in [-0.3, -0.25) is 4.79 Å². The number of methoxy groups -OCH3 is 1. The number of hydrogen-bond acceptors (Lipinski definition) is 6. The average molecular weight is 388 g/mol. The Morgan fingerprint density at radius 2 is 1.93 bits per heavy atom. The molecule has 1 aromatic rings. The molecule has 0 spiro atoms. The first-order valence-corrected chi connectivity index (χ1v) is 10.2. The molecule has 0 aromatic heterocycles. The van der Waals surface area contributed by atoms with Gasteiger partial charge < -0.3 is 24.3 Å². The van der Waals surface area contributed by atoms with E-state index in [0.717, 1.165) is 29.9 Å². The molecule has 7 heteroatoms. The van der Waals surface area contributed by atoms with Crippen LogP contribution in [0, 0.1) is 0 Å². The lowest BCUT2D eigenvalue weighted by Gasteiger charge is -2.30. The number of nitrogens with zero attached hydrogens (tertiary/aromatic N) is 2. The average Bonchev–Trinajstić information content (AvgIpc) is 3.40. The summed E-state index contributed by atoms with van der Waals surface area (Å²) in [5.41, 5.74) is 1.63. The minimum Gasteiger partial charge on any atom is -0.493 e. The maximum atomic E-state index is 12.7. The van der Waals surface area contributed by atoms with E-state index in [-0.39, 0.29) is 18.1 Å². The van der Waals surface area contributed by atoms with Crippen LogP contribution in [0.1, 0.15) is 50.5 Å². The molecule has 1 atom stereocenters. The summed E-state index contributed by atoms with van der Waals surface area (Å²) in [6, 6.07) is 5.74. The summed E-state index contributed by atoms with van der Waals surface area (Å²) in [7, 11) is 1.64. The molecule has 0 radical (unpaired) electrons. The van der Waals surface area contributed by atoms with Crippen LogP contribution in [0.5, 0.6) is 11.5 Å². The highest BCUT2D eigenvalue weighted by Gasteiger charge is 2.34. The molecule has 1 aromatic carbocycles. The highest BCUT2D eigenvalue weighted by atomic mass is 16.6. The van der Waals surface area contributed by atoms with Crippen LogP contribution >= 0.6 is 0 Å². The molecule has 1 unspecified atom stereocenters. The lowest BCUT2D eigenvalue weighted by atomic mass is 10.0. The Balaban J connectivity index is 1.42. The third-order valence-corrected chi connectivity index (χ3v) is 5.81. The standard InChI is InChI=1S/C21H28N2O5/c1-26-18-7-6-14(12-19(18)27-16-4-2-3-5-16)17-13-20(28-22-17)21(25)23-10-8-15(24)9-11-23/h6-7,12,15-16,20,24H,2-5,8-11,13H2,1H3. The largest absolute Gasteiger partial charge is 0.493 e. The van der Waals surface area contributed by atoms with Gasteiger partial charge in [-0.15, -0.1) is 0 Å². The van der Waals surface area contributed by atoms with Crippen molar-refractivity contribution in [2.75, 3.05) is 20.2 Å². The first-order valence-electron chi connectivity index (χ1n) is 10.2. The maximum absolute atomic E-state index is 12.7. The Hall–Kier alpha value is -2.28. The SMILES string of the molecule is COc1ccc(C2=NOC(C(=O)N3CCC(O)CC3)C2)cc1OC1CCCC1. The van der Waals surface area contributed by atoms with Crippen LogP contribution in [0.4, 0.5) is 0 Å². The molecule has 0 bridgehead atoms. The molecular weight excluding hydrogens is 360 g/mol. The summed E-state index contributed by atoms with van der Waals surface area (Å²) >= 11 is 0. The minimum atomic E-state index is -0.591. The normalized spacial score (nSPS) is 23.4. The van der Waals surface area contributed by atoms with Gasteiger partial charge in [-0.2, -0.15) is 0 Å². The van der Waals surface area contributed by atoms with Crippen molar-refractivity contribution in [2.24, 2.45) is 5.16 Å². The minimum absolute atomic E-state index is 0.0541. The maximum Gasteiger partial charge on any atom is 0.266 e. The van der Waals surface area contributed by atoms with E-state index in [1.54, 1.807) is 12.0 Å². The summed E-state index contributed by atoms with van der Waals surface area (Å²) in [6.45, 7) is 1.13. The number of benzene rings is 1. The smallest absolute Gasteiger partial charge is 0.266 e. The van der Waals surface area contributed by atoms with Crippen molar-refractivity contribution in [1.29, 1.82) is 0 Å². The van der Waals surface area contributed by atoms with Gasteiger partial charge in [0, 0.05) is 25.1 Å². The van der Waals surface area contributed by atoms with Gasteiger partial charge in [0.25, 0.3) is 5.91 Å². The number of ether oxygens (including phenoxy) is 2. The van der Waals surface area contributed by atoms with E-state index in [4.69, 9.17) is 14.3 Å². The Morgan fingerprint density at radius 1 is 1.18 bits per heavy atom. The van der Waals surface area contributed by atoms with Gasteiger partial charge in [0.2, 0.25) is 6.10 Å². The Kier molecular flexibility index (Phi) is 5.71. The number of piperidine rings is 1. The van der Waals surface area contributed by atoms with Gasteiger partial charge in [0.05, 0.1) is 25.0 Å². The third kappa shape index (κ3) is 4.09. The lowest BCUT2D eigenvalue weighted by Crippen LogP contribution is -2.45. The molecule has 2 fully saturated rings. The van der Waals surface area contributed by atoms with Crippen molar-refractivity contribution in [3.05, 3.63) is 23.8 Å². The fourth-order valence-electron chi connectivity index (χ4n) is 4.10. The van der Waals surface area contributed by atoms with Crippen LogP contribution < -0.4 is 9.47 Å². The molecule has 4 rings (SSSR count). The number of likely N-dealkylation sites (tertiary alicyclic amines) is 1. The van der Waals surface area contributed by atoms with Crippen LogP contribution in [0.2, 0.25) is 0 Å². The highest BCUT2D eigenvalue weighted by Crippen LogP contribution is 2.33. The number of carbonyl (C=O) groups is 1.